The van der Waals surface area contributed by atoms with Crippen molar-refractivity contribution in [3.63, 3.8) is 0 Å². The van der Waals surface area contributed by atoms with Crippen molar-refractivity contribution in [2.75, 3.05) is 18.5 Å². The molecule has 120 valence electrons. The summed E-state index contributed by atoms with van der Waals surface area (Å²) < 4.78 is 5.64. The summed E-state index contributed by atoms with van der Waals surface area (Å²) >= 11 is 0. The highest BCUT2D eigenvalue weighted by Crippen LogP contribution is 2.19. The largest absolute Gasteiger partial charge is 0.508 e. The lowest BCUT2D eigenvalue weighted by molar-refractivity contribution is 0.118. The van der Waals surface area contributed by atoms with Crippen LogP contribution in [0.25, 0.3) is 0 Å². The SMILES string of the molecule is Oc1ccc(NC(=NCC2CCCO2)NC2CCCC2)cc1. The van der Waals surface area contributed by atoms with E-state index >= 15 is 0 Å². The Morgan fingerprint density at radius 1 is 1.14 bits per heavy atom. The van der Waals surface area contributed by atoms with Crippen molar-refractivity contribution in [1.82, 2.24) is 5.32 Å². The van der Waals surface area contributed by atoms with E-state index in [0.717, 1.165) is 31.1 Å². The van der Waals surface area contributed by atoms with Gasteiger partial charge >= 0.3 is 0 Å². The Bertz CT molecular complexity index is 489. The lowest BCUT2D eigenvalue weighted by Crippen LogP contribution is -2.38. The van der Waals surface area contributed by atoms with Crippen molar-refractivity contribution in [3.8, 4) is 5.75 Å². The highest BCUT2D eigenvalue weighted by molar-refractivity contribution is 5.93. The molecular formula is C17H25N3O2. The molecule has 1 saturated carbocycles. The first-order valence-electron chi connectivity index (χ1n) is 8.28. The molecule has 0 aromatic heterocycles. The Morgan fingerprint density at radius 2 is 1.91 bits per heavy atom. The number of phenolic OH excluding ortho intramolecular Hbond substituents is 1. The Balaban J connectivity index is 1.63. The zero-order valence-corrected chi connectivity index (χ0v) is 12.9. The Labute approximate surface area is 131 Å². The van der Waals surface area contributed by atoms with Gasteiger partial charge in [-0.05, 0) is 49.9 Å². The fourth-order valence-electron chi connectivity index (χ4n) is 3.05. The zero-order chi connectivity index (χ0) is 15.2. The second-order valence-corrected chi connectivity index (χ2v) is 6.12. The number of guanidine groups is 1. The summed E-state index contributed by atoms with van der Waals surface area (Å²) in [6.07, 6.45) is 7.47. The molecule has 1 heterocycles. The Hall–Kier alpha value is -1.75. The van der Waals surface area contributed by atoms with Gasteiger partial charge in [0.25, 0.3) is 0 Å². The smallest absolute Gasteiger partial charge is 0.196 e. The molecule has 3 rings (SSSR count). The quantitative estimate of drug-likeness (QED) is 0.454. The molecule has 1 aromatic carbocycles. The topological polar surface area (TPSA) is 65.9 Å². The van der Waals surface area contributed by atoms with E-state index in [9.17, 15) is 5.11 Å². The lowest BCUT2D eigenvalue weighted by atomic mass is 10.2. The molecule has 1 aliphatic heterocycles. The van der Waals surface area contributed by atoms with Gasteiger partial charge in [-0.1, -0.05) is 12.8 Å². The summed E-state index contributed by atoms with van der Waals surface area (Å²) in [5.74, 6) is 1.08. The van der Waals surface area contributed by atoms with Gasteiger partial charge in [-0.25, -0.2) is 0 Å². The number of phenols is 1. The van der Waals surface area contributed by atoms with Crippen LogP contribution in [0.3, 0.4) is 0 Å². The van der Waals surface area contributed by atoms with E-state index in [1.165, 1.54) is 25.7 Å². The van der Waals surface area contributed by atoms with Crippen LogP contribution < -0.4 is 10.6 Å². The van der Waals surface area contributed by atoms with Crippen LogP contribution in [0.15, 0.2) is 29.3 Å². The van der Waals surface area contributed by atoms with Gasteiger partial charge in [-0.2, -0.15) is 0 Å². The van der Waals surface area contributed by atoms with Gasteiger partial charge in [0.2, 0.25) is 0 Å². The van der Waals surface area contributed by atoms with E-state index in [0.29, 0.717) is 12.6 Å². The predicted octanol–water partition coefficient (Wildman–Crippen LogP) is 2.87. The molecule has 1 aliphatic carbocycles. The van der Waals surface area contributed by atoms with E-state index in [1.54, 1.807) is 12.1 Å². The van der Waals surface area contributed by atoms with E-state index in [-0.39, 0.29) is 11.9 Å². The molecule has 2 fully saturated rings. The van der Waals surface area contributed by atoms with E-state index in [1.807, 2.05) is 12.1 Å². The van der Waals surface area contributed by atoms with Crippen LogP contribution in [0.2, 0.25) is 0 Å². The van der Waals surface area contributed by atoms with Crippen molar-refractivity contribution in [2.45, 2.75) is 50.7 Å². The zero-order valence-electron chi connectivity index (χ0n) is 12.9. The van der Waals surface area contributed by atoms with Crippen molar-refractivity contribution in [2.24, 2.45) is 4.99 Å². The summed E-state index contributed by atoms with van der Waals surface area (Å²) in [5, 5.41) is 16.2. The summed E-state index contributed by atoms with van der Waals surface area (Å²) in [7, 11) is 0. The molecule has 1 unspecified atom stereocenters. The standard InChI is InChI=1S/C17H25N3O2/c21-15-9-7-14(8-10-15)20-17(19-13-4-1-2-5-13)18-12-16-6-3-11-22-16/h7-10,13,16,21H,1-6,11-12H2,(H2,18,19,20). The Morgan fingerprint density at radius 3 is 2.59 bits per heavy atom. The van der Waals surface area contributed by atoms with Gasteiger partial charge < -0.3 is 20.5 Å². The number of nitrogens with one attached hydrogen (secondary N) is 2. The molecule has 5 heteroatoms. The van der Waals surface area contributed by atoms with E-state index < -0.39 is 0 Å². The minimum absolute atomic E-state index is 0.252. The van der Waals surface area contributed by atoms with E-state index in [2.05, 4.69) is 10.6 Å². The summed E-state index contributed by atoms with van der Waals surface area (Å²) in [6.45, 7) is 1.55. The monoisotopic (exact) mass is 303 g/mol. The number of aliphatic imine (C=N–C) groups is 1. The minimum Gasteiger partial charge on any atom is -0.508 e. The highest BCUT2D eigenvalue weighted by Gasteiger charge is 2.18. The van der Waals surface area contributed by atoms with Crippen molar-refractivity contribution < 1.29 is 9.84 Å². The number of benzene rings is 1. The number of nitrogens with zero attached hydrogens (tertiary/aromatic N) is 1. The van der Waals surface area contributed by atoms with Gasteiger partial charge in [0.15, 0.2) is 5.96 Å². The molecule has 0 radical (unpaired) electrons. The molecule has 2 aliphatic rings. The third kappa shape index (κ3) is 4.37. The first-order chi connectivity index (χ1) is 10.8. The second kappa shape index (κ2) is 7.49. The molecule has 1 atom stereocenters. The van der Waals surface area contributed by atoms with Gasteiger partial charge in [-0.3, -0.25) is 4.99 Å². The third-order valence-corrected chi connectivity index (χ3v) is 4.30. The number of aromatic hydroxyl groups is 1. The second-order valence-electron chi connectivity index (χ2n) is 6.12. The molecule has 0 spiro atoms. The first kappa shape index (κ1) is 15.2. The third-order valence-electron chi connectivity index (χ3n) is 4.30. The van der Waals surface area contributed by atoms with E-state index in [4.69, 9.17) is 9.73 Å². The molecule has 0 bridgehead atoms. The van der Waals surface area contributed by atoms with Crippen molar-refractivity contribution in [3.05, 3.63) is 24.3 Å². The Kier molecular flexibility index (Phi) is 5.16. The number of rotatable bonds is 4. The predicted molar refractivity (Wildman–Crippen MR) is 88.4 cm³/mol. The number of hydrogen-bond acceptors (Lipinski definition) is 3. The number of hydrogen-bond donors (Lipinski definition) is 3. The van der Waals surface area contributed by atoms with Crippen molar-refractivity contribution >= 4 is 11.6 Å². The minimum atomic E-state index is 0.252. The van der Waals surface area contributed by atoms with Gasteiger partial charge in [-0.15, -0.1) is 0 Å². The van der Waals surface area contributed by atoms with Crippen LogP contribution in [0.4, 0.5) is 5.69 Å². The number of anilines is 1. The van der Waals surface area contributed by atoms with Crippen LogP contribution in [-0.4, -0.2) is 36.4 Å². The van der Waals surface area contributed by atoms with Crippen molar-refractivity contribution in [1.29, 1.82) is 0 Å². The summed E-state index contributed by atoms with van der Waals surface area (Å²) in [6, 6.07) is 7.57. The molecule has 3 N–H and O–H groups in total. The molecule has 1 aromatic rings. The fraction of sp³-hybridized carbons (Fsp3) is 0.588. The number of ether oxygens (including phenoxy) is 1. The van der Waals surface area contributed by atoms with Gasteiger partial charge in [0, 0.05) is 18.3 Å². The van der Waals surface area contributed by atoms with Gasteiger partial charge in [0.05, 0.1) is 12.6 Å². The summed E-state index contributed by atoms with van der Waals surface area (Å²) in [4.78, 5) is 4.69. The average molecular weight is 303 g/mol. The first-order valence-corrected chi connectivity index (χ1v) is 8.28. The maximum absolute atomic E-state index is 9.38. The summed E-state index contributed by atoms with van der Waals surface area (Å²) in [5.41, 5.74) is 0.925. The van der Waals surface area contributed by atoms with Crippen LogP contribution in [0.5, 0.6) is 5.75 Å². The molecule has 22 heavy (non-hydrogen) atoms. The molecular weight excluding hydrogens is 278 g/mol. The average Bonchev–Trinajstić information content (AvgIpc) is 3.20. The van der Waals surface area contributed by atoms with Crippen LogP contribution in [0.1, 0.15) is 38.5 Å². The fourth-order valence-corrected chi connectivity index (χ4v) is 3.05. The maximum Gasteiger partial charge on any atom is 0.196 e. The van der Waals surface area contributed by atoms with Crippen LogP contribution in [0, 0.1) is 0 Å². The maximum atomic E-state index is 9.38. The molecule has 1 saturated heterocycles. The van der Waals surface area contributed by atoms with Crippen LogP contribution in [-0.2, 0) is 4.74 Å². The highest BCUT2D eigenvalue weighted by atomic mass is 16.5. The molecule has 0 amide bonds. The van der Waals surface area contributed by atoms with Gasteiger partial charge in [0.1, 0.15) is 5.75 Å². The normalized spacial score (nSPS) is 22.9. The molecule has 5 nitrogen and oxygen atoms in total. The lowest BCUT2D eigenvalue weighted by Gasteiger charge is -2.18. The van der Waals surface area contributed by atoms with Crippen LogP contribution >= 0.6 is 0 Å².